The average Bonchev–Trinajstić information content (AvgIpc) is 2.54. The molecule has 0 aliphatic carbocycles. The third-order valence-corrected chi connectivity index (χ3v) is 3.64. The highest BCUT2D eigenvalue weighted by molar-refractivity contribution is 6.32. The molecule has 0 bridgehead atoms. The fourth-order valence-electron chi connectivity index (χ4n) is 2.05. The molecule has 126 valence electrons. The molecular formula is C18H15ClF3NO. The molecule has 1 amide bonds. The van der Waals surface area contributed by atoms with Crippen LogP contribution >= 0.6 is 11.6 Å². The van der Waals surface area contributed by atoms with E-state index in [9.17, 15) is 18.0 Å². The van der Waals surface area contributed by atoms with Crippen molar-refractivity contribution in [2.24, 2.45) is 0 Å². The second-order valence-corrected chi connectivity index (χ2v) is 5.50. The Morgan fingerprint density at radius 1 is 1.12 bits per heavy atom. The Balaban J connectivity index is 1.94. The Labute approximate surface area is 142 Å². The predicted molar refractivity (Wildman–Crippen MR) is 88.6 cm³/mol. The lowest BCUT2D eigenvalue weighted by Gasteiger charge is -2.08. The number of hydrogen-bond acceptors (Lipinski definition) is 1. The van der Waals surface area contributed by atoms with Gasteiger partial charge in [0.25, 0.3) is 0 Å². The van der Waals surface area contributed by atoms with E-state index in [1.807, 2.05) is 30.3 Å². The number of carbonyl (C=O) groups excluding carboxylic acids is 1. The van der Waals surface area contributed by atoms with Gasteiger partial charge in [-0.15, -0.1) is 0 Å². The number of benzene rings is 2. The van der Waals surface area contributed by atoms with E-state index in [-0.39, 0.29) is 16.5 Å². The van der Waals surface area contributed by atoms with Crippen LogP contribution in [0.2, 0.25) is 5.02 Å². The van der Waals surface area contributed by atoms with Gasteiger partial charge < -0.3 is 5.32 Å². The van der Waals surface area contributed by atoms with Gasteiger partial charge in [0, 0.05) is 17.6 Å². The lowest BCUT2D eigenvalue weighted by atomic mass is 10.1. The lowest BCUT2D eigenvalue weighted by molar-refractivity contribution is -0.137. The second-order valence-electron chi connectivity index (χ2n) is 5.09. The van der Waals surface area contributed by atoms with E-state index < -0.39 is 11.7 Å². The minimum atomic E-state index is -4.45. The molecule has 0 fully saturated rings. The molecule has 0 saturated heterocycles. The predicted octanol–water partition coefficient (Wildman–Crippen LogP) is 4.73. The van der Waals surface area contributed by atoms with Crippen LogP contribution in [0.25, 0.3) is 6.08 Å². The molecule has 0 saturated carbocycles. The van der Waals surface area contributed by atoms with Crippen LogP contribution in [-0.4, -0.2) is 12.5 Å². The van der Waals surface area contributed by atoms with E-state index in [0.717, 1.165) is 23.8 Å². The normalized spacial score (nSPS) is 11.7. The van der Waals surface area contributed by atoms with Crippen molar-refractivity contribution in [1.82, 2.24) is 5.32 Å². The van der Waals surface area contributed by atoms with Gasteiger partial charge in [0.05, 0.1) is 5.56 Å². The van der Waals surface area contributed by atoms with Gasteiger partial charge in [-0.2, -0.15) is 13.2 Å². The summed E-state index contributed by atoms with van der Waals surface area (Å²) >= 11 is 5.86. The largest absolute Gasteiger partial charge is 0.416 e. The van der Waals surface area contributed by atoms with Crippen molar-refractivity contribution < 1.29 is 18.0 Å². The summed E-state index contributed by atoms with van der Waals surface area (Å²) in [6.45, 7) is 0.434. The molecule has 2 aromatic carbocycles. The van der Waals surface area contributed by atoms with Crippen molar-refractivity contribution in [3.63, 3.8) is 0 Å². The van der Waals surface area contributed by atoms with E-state index in [1.165, 1.54) is 12.2 Å². The number of amides is 1. The third kappa shape index (κ3) is 5.42. The van der Waals surface area contributed by atoms with Crippen molar-refractivity contribution in [3.8, 4) is 0 Å². The van der Waals surface area contributed by atoms with Crippen LogP contribution in [0.4, 0.5) is 13.2 Å². The van der Waals surface area contributed by atoms with Gasteiger partial charge >= 0.3 is 6.18 Å². The van der Waals surface area contributed by atoms with Crippen LogP contribution in [0.1, 0.15) is 16.7 Å². The maximum absolute atomic E-state index is 12.7. The topological polar surface area (TPSA) is 29.1 Å². The number of rotatable bonds is 5. The SMILES string of the molecule is O=C(/C=C/c1cc(C(F)(F)F)ccc1Cl)NCCc1ccccc1. The third-order valence-electron chi connectivity index (χ3n) is 3.29. The van der Waals surface area contributed by atoms with Gasteiger partial charge in [-0.3, -0.25) is 4.79 Å². The van der Waals surface area contributed by atoms with Gasteiger partial charge in [-0.05, 0) is 41.8 Å². The summed E-state index contributed by atoms with van der Waals surface area (Å²) in [6, 6.07) is 12.6. The van der Waals surface area contributed by atoms with Crippen LogP contribution in [0.3, 0.4) is 0 Å². The summed E-state index contributed by atoms with van der Waals surface area (Å²) in [4.78, 5) is 11.7. The Morgan fingerprint density at radius 3 is 2.50 bits per heavy atom. The van der Waals surface area contributed by atoms with Crippen LogP contribution < -0.4 is 5.32 Å². The minimum Gasteiger partial charge on any atom is -0.352 e. The molecule has 1 N–H and O–H groups in total. The maximum Gasteiger partial charge on any atom is 0.416 e. The molecule has 0 heterocycles. The van der Waals surface area contributed by atoms with Crippen molar-refractivity contribution in [2.75, 3.05) is 6.54 Å². The van der Waals surface area contributed by atoms with Gasteiger partial charge in [0.15, 0.2) is 0 Å². The maximum atomic E-state index is 12.7. The quantitative estimate of drug-likeness (QED) is 0.773. The fraction of sp³-hybridized carbons (Fsp3) is 0.167. The molecule has 6 heteroatoms. The average molecular weight is 354 g/mol. The van der Waals surface area contributed by atoms with Gasteiger partial charge in [-0.25, -0.2) is 0 Å². The monoisotopic (exact) mass is 353 g/mol. The zero-order valence-electron chi connectivity index (χ0n) is 12.6. The number of halogens is 4. The lowest BCUT2D eigenvalue weighted by Crippen LogP contribution is -2.23. The van der Waals surface area contributed by atoms with E-state index in [0.29, 0.717) is 13.0 Å². The molecular weight excluding hydrogens is 339 g/mol. The summed E-state index contributed by atoms with van der Waals surface area (Å²) in [5, 5.41) is 2.82. The first kappa shape index (κ1) is 18.1. The second kappa shape index (κ2) is 8.02. The first-order chi connectivity index (χ1) is 11.4. The highest BCUT2D eigenvalue weighted by Crippen LogP contribution is 2.32. The summed E-state index contributed by atoms with van der Waals surface area (Å²) in [6.07, 6.45) is -1.34. The van der Waals surface area contributed by atoms with Crippen molar-refractivity contribution >= 4 is 23.6 Å². The van der Waals surface area contributed by atoms with E-state index in [4.69, 9.17) is 11.6 Å². The zero-order chi connectivity index (χ0) is 17.6. The van der Waals surface area contributed by atoms with E-state index >= 15 is 0 Å². The smallest absolute Gasteiger partial charge is 0.352 e. The summed E-state index contributed by atoms with van der Waals surface area (Å²) in [5.41, 5.74) is 0.420. The molecule has 0 aliphatic heterocycles. The number of carbonyl (C=O) groups is 1. The zero-order valence-corrected chi connectivity index (χ0v) is 13.4. The van der Waals surface area contributed by atoms with Gasteiger partial charge in [0.2, 0.25) is 5.91 Å². The molecule has 0 unspecified atom stereocenters. The number of hydrogen-bond donors (Lipinski definition) is 1. The summed E-state index contributed by atoms with van der Waals surface area (Å²) in [7, 11) is 0. The molecule has 0 spiro atoms. The highest BCUT2D eigenvalue weighted by atomic mass is 35.5. The Morgan fingerprint density at radius 2 is 1.83 bits per heavy atom. The first-order valence-corrected chi connectivity index (χ1v) is 7.60. The molecule has 0 aliphatic rings. The number of alkyl halides is 3. The van der Waals surface area contributed by atoms with Crippen LogP contribution in [0, 0.1) is 0 Å². The molecule has 0 radical (unpaired) electrons. The van der Waals surface area contributed by atoms with Crippen LogP contribution in [0.15, 0.2) is 54.6 Å². The van der Waals surface area contributed by atoms with Crippen molar-refractivity contribution in [1.29, 1.82) is 0 Å². The van der Waals surface area contributed by atoms with Gasteiger partial charge in [0.1, 0.15) is 0 Å². The minimum absolute atomic E-state index is 0.143. The Hall–Kier alpha value is -2.27. The van der Waals surface area contributed by atoms with E-state index in [1.54, 1.807) is 0 Å². The fourth-order valence-corrected chi connectivity index (χ4v) is 2.23. The van der Waals surface area contributed by atoms with Crippen LogP contribution in [-0.2, 0) is 17.4 Å². The van der Waals surface area contributed by atoms with E-state index in [2.05, 4.69) is 5.32 Å². The number of nitrogens with one attached hydrogen (secondary N) is 1. The molecule has 24 heavy (non-hydrogen) atoms. The van der Waals surface area contributed by atoms with Crippen molar-refractivity contribution in [3.05, 3.63) is 76.3 Å². The Bertz CT molecular complexity index is 727. The van der Waals surface area contributed by atoms with Crippen molar-refractivity contribution in [2.45, 2.75) is 12.6 Å². The first-order valence-electron chi connectivity index (χ1n) is 7.23. The standard InChI is InChI=1S/C18H15ClF3NO/c19-16-8-7-15(18(20,21)22)12-14(16)6-9-17(24)23-11-10-13-4-2-1-3-5-13/h1-9,12H,10-11H2,(H,23,24)/b9-6+. The molecule has 0 aromatic heterocycles. The molecule has 2 rings (SSSR count). The van der Waals surface area contributed by atoms with Gasteiger partial charge in [-0.1, -0.05) is 41.9 Å². The molecule has 0 atom stereocenters. The Kier molecular flexibility index (Phi) is 6.04. The summed E-state index contributed by atoms with van der Waals surface area (Å²) in [5.74, 6) is -0.389. The molecule has 2 nitrogen and oxygen atoms in total. The molecule has 2 aromatic rings. The summed E-state index contributed by atoms with van der Waals surface area (Å²) < 4.78 is 38.0. The highest BCUT2D eigenvalue weighted by Gasteiger charge is 2.30. The van der Waals surface area contributed by atoms with Crippen LogP contribution in [0.5, 0.6) is 0 Å².